The molecule has 0 N–H and O–H groups in total. The van der Waals surface area contributed by atoms with Gasteiger partial charge in [-0.1, -0.05) is 24.8 Å². The quantitative estimate of drug-likeness (QED) is 0.481. The number of carbonyl (C=O) groups is 1. The van der Waals surface area contributed by atoms with E-state index in [-0.39, 0.29) is 5.91 Å². The van der Waals surface area contributed by atoms with Crippen LogP contribution in [0.1, 0.15) is 16.7 Å². The molecular weight excluding hydrogens is 354 g/mol. The van der Waals surface area contributed by atoms with Gasteiger partial charge >= 0.3 is 0 Å². The van der Waals surface area contributed by atoms with Crippen LogP contribution in [0.5, 0.6) is 17.2 Å². The molecule has 2 aromatic rings. The van der Waals surface area contributed by atoms with Gasteiger partial charge in [0.1, 0.15) is 12.4 Å². The molecule has 0 heterocycles. The lowest BCUT2D eigenvalue weighted by atomic mass is 10.1. The van der Waals surface area contributed by atoms with Crippen LogP contribution in [0, 0.1) is 6.92 Å². The van der Waals surface area contributed by atoms with E-state index >= 15 is 0 Å². The van der Waals surface area contributed by atoms with Gasteiger partial charge in [-0.15, -0.1) is 0 Å². The van der Waals surface area contributed by atoms with Crippen molar-refractivity contribution in [3.8, 4) is 17.2 Å². The first-order valence-corrected chi connectivity index (χ1v) is 8.97. The van der Waals surface area contributed by atoms with Crippen molar-refractivity contribution in [3.63, 3.8) is 0 Å². The number of hydrogen-bond acceptors (Lipinski definition) is 4. The molecule has 28 heavy (non-hydrogen) atoms. The van der Waals surface area contributed by atoms with E-state index < -0.39 is 0 Å². The number of amides is 1. The fraction of sp³-hybridized carbons (Fsp3) is 0.261. The van der Waals surface area contributed by atoms with Gasteiger partial charge in [-0.25, -0.2) is 0 Å². The summed E-state index contributed by atoms with van der Waals surface area (Å²) in [5, 5.41) is 0. The molecule has 5 nitrogen and oxygen atoms in total. The number of aryl methyl sites for hydroxylation is 1. The molecule has 0 aromatic heterocycles. The highest BCUT2D eigenvalue weighted by Crippen LogP contribution is 2.30. The van der Waals surface area contributed by atoms with E-state index in [1.165, 1.54) is 0 Å². The van der Waals surface area contributed by atoms with Gasteiger partial charge in [0.25, 0.3) is 0 Å². The maximum absolute atomic E-state index is 12.5. The topological polar surface area (TPSA) is 48.0 Å². The van der Waals surface area contributed by atoms with Crippen molar-refractivity contribution in [3.05, 3.63) is 71.8 Å². The molecule has 0 unspecified atom stereocenters. The Hall–Kier alpha value is -3.21. The molecule has 0 bridgehead atoms. The Bertz CT molecular complexity index is 840. The molecule has 1 amide bonds. The molecule has 148 valence electrons. The second-order valence-corrected chi connectivity index (χ2v) is 6.33. The van der Waals surface area contributed by atoms with Gasteiger partial charge in [-0.2, -0.15) is 0 Å². The maximum atomic E-state index is 12.5. The van der Waals surface area contributed by atoms with E-state index in [2.05, 4.69) is 6.58 Å². The number of nitrogens with zero attached hydrogens (tertiary/aromatic N) is 1. The molecule has 0 spiro atoms. The fourth-order valence-electron chi connectivity index (χ4n) is 2.65. The van der Waals surface area contributed by atoms with E-state index in [9.17, 15) is 4.79 Å². The van der Waals surface area contributed by atoms with Gasteiger partial charge in [-0.05, 0) is 54.0 Å². The lowest BCUT2D eigenvalue weighted by Crippen LogP contribution is -2.24. The lowest BCUT2D eigenvalue weighted by Gasteiger charge is -2.18. The van der Waals surface area contributed by atoms with Crippen molar-refractivity contribution >= 4 is 12.0 Å². The maximum Gasteiger partial charge on any atom is 0.246 e. The van der Waals surface area contributed by atoms with E-state index in [0.29, 0.717) is 24.7 Å². The Morgan fingerprint density at radius 2 is 1.75 bits per heavy atom. The van der Waals surface area contributed by atoms with Crippen molar-refractivity contribution in [1.82, 2.24) is 4.90 Å². The van der Waals surface area contributed by atoms with Crippen molar-refractivity contribution in [1.29, 1.82) is 0 Å². The normalized spacial score (nSPS) is 10.6. The molecule has 0 atom stereocenters. The monoisotopic (exact) mass is 381 g/mol. The Kier molecular flexibility index (Phi) is 7.69. The number of ether oxygens (including phenoxy) is 3. The van der Waals surface area contributed by atoms with Crippen LogP contribution in [0.25, 0.3) is 6.08 Å². The van der Waals surface area contributed by atoms with Gasteiger partial charge in [0, 0.05) is 19.7 Å². The number of rotatable bonds is 9. The molecule has 2 rings (SSSR count). The predicted molar refractivity (Wildman–Crippen MR) is 112 cm³/mol. The van der Waals surface area contributed by atoms with Crippen LogP contribution in [-0.4, -0.2) is 38.7 Å². The highest BCUT2D eigenvalue weighted by Gasteiger charge is 2.12. The smallest absolute Gasteiger partial charge is 0.246 e. The zero-order chi connectivity index (χ0) is 20.5. The summed E-state index contributed by atoms with van der Waals surface area (Å²) in [7, 11) is 4.98. The summed E-state index contributed by atoms with van der Waals surface area (Å²) in [6.45, 7) is 6.55. The van der Waals surface area contributed by atoms with E-state index in [1.807, 2.05) is 43.3 Å². The predicted octanol–water partition coefficient (Wildman–Crippen LogP) is 4.25. The molecule has 0 radical (unpaired) electrons. The summed E-state index contributed by atoms with van der Waals surface area (Å²) in [5.74, 6) is 2.02. The van der Waals surface area contributed by atoms with Crippen LogP contribution < -0.4 is 14.2 Å². The van der Waals surface area contributed by atoms with Gasteiger partial charge in [-0.3, -0.25) is 4.79 Å². The number of benzene rings is 2. The second kappa shape index (κ2) is 10.2. The van der Waals surface area contributed by atoms with Gasteiger partial charge in [0.05, 0.1) is 14.2 Å². The number of hydrogen-bond donors (Lipinski definition) is 0. The average Bonchev–Trinajstić information content (AvgIpc) is 2.72. The van der Waals surface area contributed by atoms with Crippen molar-refractivity contribution in [2.45, 2.75) is 13.5 Å². The lowest BCUT2D eigenvalue weighted by molar-refractivity contribution is -0.125. The minimum Gasteiger partial charge on any atom is -0.493 e. The van der Waals surface area contributed by atoms with Crippen molar-refractivity contribution in [2.75, 3.05) is 27.9 Å². The molecule has 2 aromatic carbocycles. The Balaban J connectivity index is 2.02. The highest BCUT2D eigenvalue weighted by molar-refractivity contribution is 5.91. The van der Waals surface area contributed by atoms with Crippen LogP contribution >= 0.6 is 0 Å². The highest BCUT2D eigenvalue weighted by atomic mass is 16.5. The standard InChI is InChI=1S/C23H27NO4/c1-6-13-28-20-10-7-18(8-11-20)9-12-23(25)24(3)16-19-15-22(27-5)21(26-4)14-17(19)2/h6-12,14-15H,1,13,16H2,2-5H3/b12-9+. The first kappa shape index (κ1) is 21.1. The summed E-state index contributed by atoms with van der Waals surface area (Å²) in [6, 6.07) is 11.4. The summed E-state index contributed by atoms with van der Waals surface area (Å²) >= 11 is 0. The molecule has 0 aliphatic carbocycles. The van der Waals surface area contributed by atoms with Gasteiger partial charge in [0.2, 0.25) is 5.91 Å². The Morgan fingerprint density at radius 3 is 2.36 bits per heavy atom. The molecular formula is C23H27NO4. The summed E-state index contributed by atoms with van der Waals surface area (Å²) in [6.07, 6.45) is 5.05. The first-order valence-electron chi connectivity index (χ1n) is 8.97. The summed E-state index contributed by atoms with van der Waals surface area (Å²) in [4.78, 5) is 14.1. The van der Waals surface area contributed by atoms with Crippen LogP contribution in [0.15, 0.2) is 55.1 Å². The zero-order valence-electron chi connectivity index (χ0n) is 16.9. The third-order valence-electron chi connectivity index (χ3n) is 4.29. The average molecular weight is 381 g/mol. The molecule has 0 saturated heterocycles. The molecule has 0 aliphatic heterocycles. The SMILES string of the molecule is C=CCOc1ccc(/C=C/C(=O)N(C)Cc2cc(OC)c(OC)cc2C)cc1. The zero-order valence-corrected chi connectivity index (χ0v) is 16.9. The molecule has 0 aliphatic rings. The van der Waals surface area contributed by atoms with Gasteiger partial charge in [0.15, 0.2) is 11.5 Å². The fourth-order valence-corrected chi connectivity index (χ4v) is 2.65. The van der Waals surface area contributed by atoms with Crippen LogP contribution in [0.3, 0.4) is 0 Å². The number of methoxy groups -OCH3 is 2. The third kappa shape index (κ3) is 5.64. The Labute approximate surface area is 166 Å². The minimum atomic E-state index is -0.0823. The van der Waals surface area contributed by atoms with E-state index in [0.717, 1.165) is 22.4 Å². The van der Waals surface area contributed by atoms with Crippen LogP contribution in [0.4, 0.5) is 0 Å². The van der Waals surface area contributed by atoms with Crippen LogP contribution in [-0.2, 0) is 11.3 Å². The van der Waals surface area contributed by atoms with Crippen molar-refractivity contribution < 1.29 is 19.0 Å². The van der Waals surface area contributed by atoms with Crippen molar-refractivity contribution in [2.24, 2.45) is 0 Å². The number of likely N-dealkylation sites (N-methyl/N-ethyl adjacent to an activating group) is 1. The molecule has 0 fully saturated rings. The summed E-state index contributed by atoms with van der Waals surface area (Å²) in [5.41, 5.74) is 2.97. The second-order valence-electron chi connectivity index (χ2n) is 6.33. The summed E-state index contributed by atoms with van der Waals surface area (Å²) < 4.78 is 16.1. The molecule has 0 saturated carbocycles. The van der Waals surface area contributed by atoms with Gasteiger partial charge < -0.3 is 19.1 Å². The largest absolute Gasteiger partial charge is 0.493 e. The third-order valence-corrected chi connectivity index (χ3v) is 4.29. The first-order chi connectivity index (χ1) is 13.5. The van der Waals surface area contributed by atoms with Crippen LogP contribution in [0.2, 0.25) is 0 Å². The molecule has 5 heteroatoms. The Morgan fingerprint density at radius 1 is 1.11 bits per heavy atom. The minimum absolute atomic E-state index is 0.0823. The van der Waals surface area contributed by atoms with E-state index in [1.54, 1.807) is 44.4 Å². The number of carbonyl (C=O) groups excluding carboxylic acids is 1. The van der Waals surface area contributed by atoms with E-state index in [4.69, 9.17) is 14.2 Å².